The predicted octanol–water partition coefficient (Wildman–Crippen LogP) is 6.48. The van der Waals surface area contributed by atoms with Crippen LogP contribution in [0.3, 0.4) is 0 Å². The molecule has 0 bridgehead atoms. The highest BCUT2D eigenvalue weighted by Crippen LogP contribution is 2.32. The molecule has 0 spiro atoms. The molecule has 13 heteroatoms. The van der Waals surface area contributed by atoms with Gasteiger partial charge in [-0.15, -0.1) is 0 Å². The molecule has 236 valence electrons. The molecule has 0 aliphatic heterocycles. The predicted molar refractivity (Wildman–Crippen MR) is 165 cm³/mol. The van der Waals surface area contributed by atoms with Gasteiger partial charge in [-0.25, -0.2) is 8.42 Å². The van der Waals surface area contributed by atoms with Crippen LogP contribution in [-0.4, -0.2) is 50.0 Å². The van der Waals surface area contributed by atoms with Gasteiger partial charge in [-0.05, 0) is 54.3 Å². The lowest BCUT2D eigenvalue weighted by Crippen LogP contribution is -2.54. The molecule has 1 saturated carbocycles. The number of rotatable bonds is 11. The Balaban J connectivity index is 1.76. The van der Waals surface area contributed by atoms with Gasteiger partial charge in [-0.1, -0.05) is 78.5 Å². The topological polar surface area (TPSA) is 86.8 Å². The van der Waals surface area contributed by atoms with E-state index in [4.69, 9.17) is 23.2 Å². The summed E-state index contributed by atoms with van der Waals surface area (Å²) in [4.78, 5) is 29.3. The summed E-state index contributed by atoms with van der Waals surface area (Å²) in [6.45, 7) is -0.991. The number of hydrogen-bond donors (Lipinski definition) is 1. The first kappa shape index (κ1) is 33.6. The third-order valence-electron chi connectivity index (χ3n) is 7.45. The van der Waals surface area contributed by atoms with Crippen molar-refractivity contribution in [3.63, 3.8) is 0 Å². The van der Waals surface area contributed by atoms with Crippen molar-refractivity contribution in [2.45, 2.75) is 56.9 Å². The number of amides is 2. The second-order valence-electron chi connectivity index (χ2n) is 10.8. The van der Waals surface area contributed by atoms with E-state index < -0.39 is 46.2 Å². The first-order valence-corrected chi connectivity index (χ1v) is 16.6. The lowest BCUT2D eigenvalue weighted by Gasteiger charge is -2.34. The molecule has 4 rings (SSSR count). The largest absolute Gasteiger partial charge is 0.416 e. The van der Waals surface area contributed by atoms with Gasteiger partial charge >= 0.3 is 6.18 Å². The van der Waals surface area contributed by atoms with Crippen LogP contribution >= 0.6 is 23.2 Å². The van der Waals surface area contributed by atoms with Crippen LogP contribution < -0.4 is 9.62 Å². The summed E-state index contributed by atoms with van der Waals surface area (Å²) in [6.07, 6.45) is -0.319. The van der Waals surface area contributed by atoms with Crippen LogP contribution in [0.4, 0.5) is 18.9 Å². The van der Waals surface area contributed by atoms with Crippen molar-refractivity contribution in [1.82, 2.24) is 10.2 Å². The highest BCUT2D eigenvalue weighted by molar-refractivity contribution is 7.92. The smallest absolute Gasteiger partial charge is 0.352 e. The van der Waals surface area contributed by atoms with Crippen molar-refractivity contribution < 1.29 is 31.2 Å². The van der Waals surface area contributed by atoms with Crippen molar-refractivity contribution in [1.29, 1.82) is 0 Å². The molecule has 0 saturated heterocycles. The molecule has 7 nitrogen and oxygen atoms in total. The first-order valence-electron chi connectivity index (χ1n) is 13.9. The number of carbonyl (C=O) groups is 2. The van der Waals surface area contributed by atoms with Crippen LogP contribution in [0, 0.1) is 0 Å². The van der Waals surface area contributed by atoms with Gasteiger partial charge in [0.15, 0.2) is 0 Å². The van der Waals surface area contributed by atoms with Gasteiger partial charge < -0.3 is 10.2 Å². The third kappa shape index (κ3) is 8.89. The van der Waals surface area contributed by atoms with E-state index in [1.807, 2.05) is 18.2 Å². The Kier molecular flexibility index (Phi) is 10.9. The standard InChI is InChI=1S/C31H32Cl2F3N3O4S/c1-44(42,43)39(25-13-7-10-23(18-25)31(34,35)36)20-29(40)38(19-22-14-15-26(32)27(33)16-22)28(17-21-8-3-2-4-9-21)30(41)37-24-11-5-6-12-24/h2-4,7-10,13-16,18,24,28H,5-6,11-12,17,19-20H2,1H3,(H,37,41)/t28-/m1/s1. The molecule has 0 unspecified atom stereocenters. The average molecular weight is 671 g/mol. The highest BCUT2D eigenvalue weighted by atomic mass is 35.5. The quantitative estimate of drug-likeness (QED) is 0.253. The van der Waals surface area contributed by atoms with Crippen molar-refractivity contribution in [3.05, 3.63) is 99.5 Å². The fourth-order valence-electron chi connectivity index (χ4n) is 5.21. The van der Waals surface area contributed by atoms with Gasteiger partial charge in [0.25, 0.3) is 0 Å². The van der Waals surface area contributed by atoms with Crippen molar-refractivity contribution in [2.24, 2.45) is 0 Å². The van der Waals surface area contributed by atoms with Gasteiger partial charge in [0.2, 0.25) is 21.8 Å². The van der Waals surface area contributed by atoms with Gasteiger partial charge in [-0.2, -0.15) is 13.2 Å². The minimum Gasteiger partial charge on any atom is -0.352 e. The van der Waals surface area contributed by atoms with Crippen LogP contribution in [0.15, 0.2) is 72.8 Å². The SMILES string of the molecule is CS(=O)(=O)N(CC(=O)N(Cc1ccc(Cl)c(Cl)c1)[C@H](Cc1ccccc1)C(=O)NC1CCCC1)c1cccc(C(F)(F)F)c1. The Morgan fingerprint density at radius 2 is 1.61 bits per heavy atom. The van der Waals surface area contributed by atoms with Crippen LogP contribution in [0.5, 0.6) is 0 Å². The fourth-order valence-corrected chi connectivity index (χ4v) is 6.37. The molecule has 0 aromatic heterocycles. The third-order valence-corrected chi connectivity index (χ3v) is 9.33. The number of nitrogens with zero attached hydrogens (tertiary/aromatic N) is 2. The van der Waals surface area contributed by atoms with Crippen molar-refractivity contribution in [2.75, 3.05) is 17.1 Å². The summed E-state index contributed by atoms with van der Waals surface area (Å²) in [5.41, 5.74) is -0.129. The molecule has 1 aliphatic rings. The lowest BCUT2D eigenvalue weighted by molar-refractivity contribution is -0.140. The normalized spacial score (nSPS) is 14.7. The summed E-state index contributed by atoms with van der Waals surface area (Å²) in [7, 11) is -4.24. The highest BCUT2D eigenvalue weighted by Gasteiger charge is 2.35. The van der Waals surface area contributed by atoms with E-state index in [9.17, 15) is 31.2 Å². The van der Waals surface area contributed by atoms with E-state index in [0.29, 0.717) is 15.9 Å². The molecule has 0 radical (unpaired) electrons. The minimum atomic E-state index is -4.73. The molecular weight excluding hydrogens is 638 g/mol. The van der Waals surface area contributed by atoms with Crippen molar-refractivity contribution >= 4 is 50.7 Å². The second kappa shape index (κ2) is 14.2. The van der Waals surface area contributed by atoms with Gasteiger partial charge in [0.1, 0.15) is 12.6 Å². The van der Waals surface area contributed by atoms with E-state index >= 15 is 0 Å². The monoisotopic (exact) mass is 669 g/mol. The zero-order chi connectivity index (χ0) is 32.1. The number of sulfonamides is 1. The number of hydrogen-bond acceptors (Lipinski definition) is 4. The molecule has 1 fully saturated rings. The summed E-state index contributed by atoms with van der Waals surface area (Å²) < 4.78 is 66.8. The molecule has 3 aromatic carbocycles. The van der Waals surface area contributed by atoms with Gasteiger partial charge in [0, 0.05) is 19.0 Å². The number of benzene rings is 3. The van der Waals surface area contributed by atoms with E-state index in [1.165, 1.54) is 17.0 Å². The Labute approximate surface area is 265 Å². The zero-order valence-electron chi connectivity index (χ0n) is 23.9. The molecular formula is C31H32Cl2F3N3O4S. The maximum atomic E-state index is 14.1. The van der Waals surface area contributed by atoms with Crippen LogP contribution in [0.25, 0.3) is 0 Å². The molecule has 1 aliphatic carbocycles. The second-order valence-corrected chi connectivity index (χ2v) is 13.5. The first-order chi connectivity index (χ1) is 20.7. The molecule has 0 heterocycles. The van der Waals surface area contributed by atoms with E-state index in [-0.39, 0.29) is 34.7 Å². The van der Waals surface area contributed by atoms with E-state index in [1.54, 1.807) is 24.3 Å². The van der Waals surface area contributed by atoms with Gasteiger partial charge in [0.05, 0.1) is 27.6 Å². The average Bonchev–Trinajstić information content (AvgIpc) is 3.48. The summed E-state index contributed by atoms with van der Waals surface area (Å²) in [5, 5.41) is 3.54. The number of halogens is 5. The lowest BCUT2D eigenvalue weighted by atomic mass is 10.0. The summed E-state index contributed by atoms with van der Waals surface area (Å²) >= 11 is 12.3. The Bertz CT molecular complexity index is 1580. The molecule has 44 heavy (non-hydrogen) atoms. The van der Waals surface area contributed by atoms with Crippen molar-refractivity contribution in [3.8, 4) is 0 Å². The number of anilines is 1. The van der Waals surface area contributed by atoms with E-state index in [0.717, 1.165) is 49.6 Å². The summed E-state index contributed by atoms with van der Waals surface area (Å²) in [6, 6.07) is 16.3. The molecule has 1 N–H and O–H groups in total. The minimum absolute atomic E-state index is 0.0691. The number of alkyl halides is 3. The Morgan fingerprint density at radius 3 is 2.23 bits per heavy atom. The van der Waals surface area contributed by atoms with Crippen LogP contribution in [-0.2, 0) is 38.8 Å². The molecule has 3 aromatic rings. The fraction of sp³-hybridized carbons (Fsp3) is 0.355. The number of carbonyl (C=O) groups excluding carboxylic acids is 2. The maximum Gasteiger partial charge on any atom is 0.416 e. The van der Waals surface area contributed by atoms with Crippen LogP contribution in [0.1, 0.15) is 42.4 Å². The maximum absolute atomic E-state index is 14.1. The Morgan fingerprint density at radius 1 is 0.932 bits per heavy atom. The molecule has 1 atom stereocenters. The van der Waals surface area contributed by atoms with Crippen LogP contribution in [0.2, 0.25) is 10.0 Å². The Hall–Kier alpha value is -3.28. The van der Waals surface area contributed by atoms with E-state index in [2.05, 4.69) is 5.32 Å². The van der Waals surface area contributed by atoms with Gasteiger partial charge in [-0.3, -0.25) is 13.9 Å². The zero-order valence-corrected chi connectivity index (χ0v) is 26.2. The number of nitrogens with one attached hydrogen (secondary N) is 1. The molecule has 2 amide bonds. The summed E-state index contributed by atoms with van der Waals surface area (Å²) in [5.74, 6) is -1.21.